The molecule has 1 aliphatic rings. The van der Waals surface area contributed by atoms with E-state index in [4.69, 9.17) is 0 Å². The second kappa shape index (κ2) is 9.81. The van der Waals surface area contributed by atoms with Crippen LogP contribution < -0.4 is 0 Å². The van der Waals surface area contributed by atoms with Gasteiger partial charge in [-0.2, -0.15) is 52.7 Å². The molecule has 0 radical (unpaired) electrons. The summed E-state index contributed by atoms with van der Waals surface area (Å²) in [6, 6.07) is 3.94. The fourth-order valence-electron chi connectivity index (χ4n) is 4.16. The maximum Gasteiger partial charge on any atom is 0.435 e. The smallest absolute Gasteiger partial charge is 0.285 e. The number of hydrogen-bond donors (Lipinski definition) is 0. The average Bonchev–Trinajstić information content (AvgIpc) is 2.93. The van der Waals surface area contributed by atoms with Crippen molar-refractivity contribution in [3.8, 4) is 22.5 Å². The van der Waals surface area contributed by atoms with Gasteiger partial charge in [0.1, 0.15) is 34.2 Å². The third-order valence-corrected chi connectivity index (χ3v) is 6.16. The van der Waals surface area contributed by atoms with E-state index in [1.165, 1.54) is 0 Å². The van der Waals surface area contributed by atoms with Gasteiger partial charge in [-0.3, -0.25) is 9.59 Å². The molecule has 228 valence electrons. The van der Waals surface area contributed by atoms with Gasteiger partial charge < -0.3 is 0 Å². The second-order valence-corrected chi connectivity index (χ2v) is 9.04. The standard InChI is InChI=1S/C26H8F12N4O2/c27-23(28,29)11-5-1-9(2-6-11)13-21(25(33,34)35)41-17-15(39-13)19(43)18-16(20(17)44)40-14(22(42-18)26(36,37)38)10-3-7-12(8-4-10)24(30,31)32/h1-8H. The maximum absolute atomic E-state index is 14.0. The van der Waals surface area contributed by atoms with E-state index in [0.29, 0.717) is 48.5 Å². The number of ketones is 2. The van der Waals surface area contributed by atoms with Gasteiger partial charge in [0.2, 0.25) is 11.6 Å². The summed E-state index contributed by atoms with van der Waals surface area (Å²) in [6.45, 7) is 0. The number of nitrogens with zero attached hydrogens (tertiary/aromatic N) is 4. The van der Waals surface area contributed by atoms with Gasteiger partial charge in [0.15, 0.2) is 11.4 Å². The van der Waals surface area contributed by atoms with Gasteiger partial charge in [-0.1, -0.05) is 24.3 Å². The maximum atomic E-state index is 14.0. The van der Waals surface area contributed by atoms with Crippen LogP contribution in [0, 0.1) is 0 Å². The molecule has 6 nitrogen and oxygen atoms in total. The number of carbonyl (C=O) groups excluding carboxylic acids is 2. The summed E-state index contributed by atoms with van der Waals surface area (Å²) >= 11 is 0. The van der Waals surface area contributed by atoms with Crippen molar-refractivity contribution in [3.63, 3.8) is 0 Å². The molecule has 0 saturated heterocycles. The second-order valence-electron chi connectivity index (χ2n) is 9.04. The fraction of sp³-hybridized carbons (Fsp3) is 0.154. The first kappa shape index (κ1) is 30.6. The average molecular weight is 636 g/mol. The Morgan fingerprint density at radius 2 is 0.636 bits per heavy atom. The first-order valence-corrected chi connectivity index (χ1v) is 11.6. The minimum absolute atomic E-state index is 0.406. The first-order valence-electron chi connectivity index (χ1n) is 11.6. The Balaban J connectivity index is 1.70. The molecule has 0 amide bonds. The molecule has 2 aromatic carbocycles. The zero-order valence-electron chi connectivity index (χ0n) is 20.8. The van der Waals surface area contributed by atoms with Crippen molar-refractivity contribution in [1.29, 1.82) is 0 Å². The highest BCUT2D eigenvalue weighted by Gasteiger charge is 2.45. The Morgan fingerprint density at radius 3 is 0.886 bits per heavy atom. The molecule has 0 aliphatic heterocycles. The number of aromatic nitrogens is 4. The molecule has 1 aliphatic carbocycles. The lowest BCUT2D eigenvalue weighted by Crippen LogP contribution is -2.30. The predicted octanol–water partition coefficient (Wildman–Crippen LogP) is 7.45. The van der Waals surface area contributed by atoms with Crippen LogP contribution in [0.3, 0.4) is 0 Å². The van der Waals surface area contributed by atoms with Crippen LogP contribution in [0.5, 0.6) is 0 Å². The van der Waals surface area contributed by atoms with Crippen LogP contribution in [-0.2, 0) is 24.7 Å². The van der Waals surface area contributed by atoms with Crippen molar-refractivity contribution in [3.05, 3.63) is 93.8 Å². The summed E-state index contributed by atoms with van der Waals surface area (Å²) in [5.74, 6) is -3.25. The minimum Gasteiger partial charge on any atom is -0.285 e. The van der Waals surface area contributed by atoms with Gasteiger partial charge >= 0.3 is 24.7 Å². The van der Waals surface area contributed by atoms with E-state index in [2.05, 4.69) is 19.9 Å². The van der Waals surface area contributed by atoms with Crippen molar-refractivity contribution in [2.45, 2.75) is 24.7 Å². The summed E-state index contributed by atoms with van der Waals surface area (Å²) in [5, 5.41) is 0. The lowest BCUT2D eigenvalue weighted by atomic mass is 9.95. The predicted molar refractivity (Wildman–Crippen MR) is 122 cm³/mol. The van der Waals surface area contributed by atoms with E-state index in [9.17, 15) is 62.3 Å². The molecule has 0 fully saturated rings. The topological polar surface area (TPSA) is 85.7 Å². The highest BCUT2D eigenvalue weighted by molar-refractivity contribution is 6.25. The van der Waals surface area contributed by atoms with Crippen LogP contribution in [0.1, 0.15) is 54.9 Å². The molecule has 0 unspecified atom stereocenters. The number of benzene rings is 2. The molecule has 18 heteroatoms. The number of hydrogen-bond acceptors (Lipinski definition) is 6. The molecule has 0 saturated carbocycles. The largest absolute Gasteiger partial charge is 0.435 e. The monoisotopic (exact) mass is 636 g/mol. The van der Waals surface area contributed by atoms with E-state index in [1.807, 2.05) is 0 Å². The SMILES string of the molecule is O=C1c2nc(-c3ccc(C(F)(F)F)cc3)c(C(F)(F)F)nc2C(=O)c2nc(-c3ccc(C(F)(F)F)cc3)c(C(F)(F)F)nc21. The normalized spacial score (nSPS) is 14.0. The molecule has 2 aromatic heterocycles. The third-order valence-electron chi connectivity index (χ3n) is 6.16. The van der Waals surface area contributed by atoms with Crippen LogP contribution in [0.2, 0.25) is 0 Å². The van der Waals surface area contributed by atoms with E-state index >= 15 is 0 Å². The Hall–Kier alpha value is -4.90. The molecule has 0 atom stereocenters. The number of rotatable bonds is 2. The molecule has 0 spiro atoms. The number of fused-ring (bicyclic) bond motifs is 2. The van der Waals surface area contributed by atoms with Gasteiger partial charge in [-0.15, -0.1) is 0 Å². The van der Waals surface area contributed by atoms with Crippen molar-refractivity contribution in [2.75, 3.05) is 0 Å². The van der Waals surface area contributed by atoms with Gasteiger partial charge in [-0.25, -0.2) is 19.9 Å². The van der Waals surface area contributed by atoms with Gasteiger partial charge in [-0.05, 0) is 24.3 Å². The molecular weight excluding hydrogens is 628 g/mol. The lowest BCUT2D eigenvalue weighted by Gasteiger charge is -2.21. The van der Waals surface area contributed by atoms with Gasteiger partial charge in [0, 0.05) is 11.1 Å². The number of halogens is 12. The summed E-state index contributed by atoms with van der Waals surface area (Å²) in [6.07, 6.45) is -20.5. The van der Waals surface area contributed by atoms with Crippen LogP contribution in [0.4, 0.5) is 52.7 Å². The molecule has 4 aromatic rings. The van der Waals surface area contributed by atoms with Crippen LogP contribution in [0.25, 0.3) is 22.5 Å². The molecule has 44 heavy (non-hydrogen) atoms. The fourth-order valence-corrected chi connectivity index (χ4v) is 4.16. The lowest BCUT2D eigenvalue weighted by molar-refractivity contribution is -0.141. The van der Waals surface area contributed by atoms with Gasteiger partial charge in [0.05, 0.1) is 11.1 Å². The van der Waals surface area contributed by atoms with Crippen molar-refractivity contribution in [2.24, 2.45) is 0 Å². The first-order chi connectivity index (χ1) is 20.2. The minimum atomic E-state index is -5.40. The molecule has 0 N–H and O–H groups in total. The highest BCUT2D eigenvalue weighted by atomic mass is 19.4. The zero-order valence-corrected chi connectivity index (χ0v) is 20.8. The van der Waals surface area contributed by atoms with Crippen LogP contribution in [-0.4, -0.2) is 31.5 Å². The van der Waals surface area contributed by atoms with E-state index in [-0.39, 0.29) is 0 Å². The summed E-state index contributed by atoms with van der Waals surface area (Å²) in [7, 11) is 0. The zero-order chi connectivity index (χ0) is 32.6. The summed E-state index contributed by atoms with van der Waals surface area (Å²) < 4.78 is 161. The molecular formula is C26H8F12N4O2. The van der Waals surface area contributed by atoms with Crippen LogP contribution >= 0.6 is 0 Å². The van der Waals surface area contributed by atoms with E-state index < -0.39 is 104 Å². The molecule has 0 bridgehead atoms. The third kappa shape index (κ3) is 5.35. The van der Waals surface area contributed by atoms with Crippen molar-refractivity contribution >= 4 is 11.6 Å². The van der Waals surface area contributed by atoms with Crippen molar-refractivity contribution in [1.82, 2.24) is 19.9 Å². The number of carbonyl (C=O) groups is 2. The Bertz CT molecular complexity index is 1690. The number of alkyl halides is 12. The summed E-state index contributed by atoms with van der Waals surface area (Å²) in [4.78, 5) is 39.7. The Labute approximate surface area is 235 Å². The van der Waals surface area contributed by atoms with Gasteiger partial charge in [0.25, 0.3) is 0 Å². The Kier molecular flexibility index (Phi) is 6.81. The quantitative estimate of drug-likeness (QED) is 0.187. The Morgan fingerprint density at radius 1 is 0.364 bits per heavy atom. The van der Waals surface area contributed by atoms with Crippen molar-refractivity contribution < 1.29 is 62.3 Å². The van der Waals surface area contributed by atoms with Crippen LogP contribution in [0.15, 0.2) is 48.5 Å². The molecule has 5 rings (SSSR count). The summed E-state index contributed by atoms with van der Waals surface area (Å²) in [5.41, 5.74) is -15.0. The highest BCUT2D eigenvalue weighted by Crippen LogP contribution is 2.41. The molecule has 2 heterocycles. The van der Waals surface area contributed by atoms with E-state index in [0.717, 1.165) is 0 Å². The van der Waals surface area contributed by atoms with E-state index in [1.54, 1.807) is 0 Å².